The van der Waals surface area contributed by atoms with Crippen LogP contribution in [0.1, 0.15) is 55.5 Å². The topological polar surface area (TPSA) is 55.4 Å². The van der Waals surface area contributed by atoms with Crippen molar-refractivity contribution in [1.82, 2.24) is 0 Å². The summed E-state index contributed by atoms with van der Waals surface area (Å²) in [5.74, 6) is -0.417. The van der Waals surface area contributed by atoms with Gasteiger partial charge in [0.1, 0.15) is 0 Å². The molecule has 1 saturated heterocycles. The molecular weight excluding hydrogens is 316 g/mol. The van der Waals surface area contributed by atoms with Gasteiger partial charge in [0.25, 0.3) is 5.91 Å². The molecule has 5 nitrogen and oxygen atoms in total. The van der Waals surface area contributed by atoms with Gasteiger partial charge in [0.2, 0.25) is 0 Å². The number of quaternary nitrogens is 1. The van der Waals surface area contributed by atoms with Crippen molar-refractivity contribution in [1.29, 1.82) is 0 Å². The lowest BCUT2D eigenvalue weighted by atomic mass is 10.1. The molecule has 0 unspecified atom stereocenters. The first-order valence-electron chi connectivity index (χ1n) is 9.43. The predicted octanol–water partition coefficient (Wildman–Crippen LogP) is 3.52. The Kier molecular flexibility index (Phi) is 7.00. The summed E-state index contributed by atoms with van der Waals surface area (Å²) in [6.45, 7) is 9.70. The zero-order valence-electron chi connectivity index (χ0n) is 15.8. The Morgan fingerprint density at radius 1 is 1.12 bits per heavy atom. The number of hydrogen-bond donors (Lipinski definition) is 1. The number of para-hydroxylation sites is 1. The van der Waals surface area contributed by atoms with Gasteiger partial charge in [-0.05, 0) is 58.1 Å². The van der Waals surface area contributed by atoms with Crippen LogP contribution in [-0.2, 0) is 9.53 Å². The summed E-state index contributed by atoms with van der Waals surface area (Å²) in [7, 11) is 0. The van der Waals surface area contributed by atoms with Crippen molar-refractivity contribution in [3.8, 4) is 0 Å². The molecule has 1 aliphatic heterocycles. The first kappa shape index (κ1) is 19.4. The van der Waals surface area contributed by atoms with Crippen molar-refractivity contribution in [2.75, 3.05) is 38.1 Å². The molecule has 1 aromatic carbocycles. The molecule has 0 radical (unpaired) electrons. The van der Waals surface area contributed by atoms with Crippen molar-refractivity contribution < 1.29 is 18.8 Å². The lowest BCUT2D eigenvalue weighted by molar-refractivity contribution is -0.918. The zero-order valence-corrected chi connectivity index (χ0v) is 15.8. The maximum absolute atomic E-state index is 12.8. The molecule has 25 heavy (non-hydrogen) atoms. The monoisotopic (exact) mass is 347 g/mol. The van der Waals surface area contributed by atoms with Gasteiger partial charge in [-0.15, -0.1) is 0 Å². The molecule has 1 N–H and O–H groups in total. The van der Waals surface area contributed by atoms with E-state index in [1.807, 2.05) is 19.1 Å². The number of ether oxygens (including phenoxy) is 1. The number of amides is 1. The van der Waals surface area contributed by atoms with E-state index in [2.05, 4.69) is 12.2 Å². The third-order valence-electron chi connectivity index (χ3n) is 5.20. The number of aryl methyl sites for hydroxylation is 1. The van der Waals surface area contributed by atoms with Crippen molar-refractivity contribution in [2.24, 2.45) is 0 Å². The number of carbonyl (C=O) groups excluding carboxylic acids is 2. The van der Waals surface area contributed by atoms with E-state index in [-0.39, 0.29) is 5.91 Å². The van der Waals surface area contributed by atoms with Crippen LogP contribution in [0.3, 0.4) is 0 Å². The Morgan fingerprint density at radius 3 is 2.40 bits per heavy atom. The van der Waals surface area contributed by atoms with Crippen LogP contribution in [0.15, 0.2) is 18.2 Å². The highest BCUT2D eigenvalue weighted by Crippen LogP contribution is 2.23. The molecule has 0 bridgehead atoms. The highest BCUT2D eigenvalue weighted by atomic mass is 16.5. The molecule has 5 heteroatoms. The normalized spacial score (nSPS) is 16.8. The number of anilines is 1. The largest absolute Gasteiger partial charge is 0.462 e. The second-order valence-electron chi connectivity index (χ2n) is 6.94. The highest BCUT2D eigenvalue weighted by molar-refractivity contribution is 6.02. The highest BCUT2D eigenvalue weighted by Gasteiger charge is 2.30. The Bertz CT molecular complexity index is 605. The van der Waals surface area contributed by atoms with Gasteiger partial charge in [-0.1, -0.05) is 12.1 Å². The summed E-state index contributed by atoms with van der Waals surface area (Å²) >= 11 is 0. The fourth-order valence-electron chi connectivity index (χ4n) is 3.64. The molecule has 1 heterocycles. The van der Waals surface area contributed by atoms with Crippen LogP contribution in [0.4, 0.5) is 5.69 Å². The van der Waals surface area contributed by atoms with Gasteiger partial charge in [-0.2, -0.15) is 0 Å². The number of hydrogen-bond acceptors (Lipinski definition) is 3. The molecule has 1 aliphatic rings. The zero-order chi connectivity index (χ0) is 18.3. The van der Waals surface area contributed by atoms with Crippen LogP contribution < -0.4 is 5.32 Å². The fraction of sp³-hybridized carbons (Fsp3) is 0.600. The fourth-order valence-corrected chi connectivity index (χ4v) is 3.64. The number of nitrogens with zero attached hydrogens (tertiary/aromatic N) is 1. The van der Waals surface area contributed by atoms with Crippen LogP contribution in [0.2, 0.25) is 0 Å². The van der Waals surface area contributed by atoms with Gasteiger partial charge in [-0.3, -0.25) is 4.79 Å². The molecule has 1 aromatic rings. The molecule has 0 spiro atoms. The number of rotatable bonds is 6. The van der Waals surface area contributed by atoms with Crippen LogP contribution in [0, 0.1) is 6.92 Å². The summed E-state index contributed by atoms with van der Waals surface area (Å²) in [4.78, 5) is 24.9. The summed E-state index contributed by atoms with van der Waals surface area (Å²) in [5.41, 5.74) is 1.88. The van der Waals surface area contributed by atoms with Crippen molar-refractivity contribution in [2.45, 2.75) is 46.5 Å². The molecular formula is C20H31N2O3+. The van der Waals surface area contributed by atoms with Crippen LogP contribution in [0.25, 0.3) is 0 Å². The Balaban J connectivity index is 2.15. The first-order chi connectivity index (χ1) is 12.0. The van der Waals surface area contributed by atoms with E-state index in [0.29, 0.717) is 24.4 Å². The summed E-state index contributed by atoms with van der Waals surface area (Å²) in [5, 5.41) is 2.99. The van der Waals surface area contributed by atoms with E-state index in [1.54, 1.807) is 13.0 Å². The molecule has 0 aromatic heterocycles. The van der Waals surface area contributed by atoms with E-state index in [4.69, 9.17) is 4.74 Å². The smallest absolute Gasteiger partial charge is 0.340 e. The number of likely N-dealkylation sites (N-methyl/N-ethyl adjacent to an activating group) is 1. The van der Waals surface area contributed by atoms with Gasteiger partial charge in [0, 0.05) is 0 Å². The van der Waals surface area contributed by atoms with E-state index < -0.39 is 5.97 Å². The van der Waals surface area contributed by atoms with E-state index in [9.17, 15) is 9.59 Å². The minimum absolute atomic E-state index is 0.0244. The van der Waals surface area contributed by atoms with Crippen molar-refractivity contribution in [3.05, 3.63) is 29.3 Å². The second-order valence-corrected chi connectivity index (χ2v) is 6.94. The van der Waals surface area contributed by atoms with Gasteiger partial charge in [0.15, 0.2) is 6.54 Å². The van der Waals surface area contributed by atoms with Crippen molar-refractivity contribution in [3.63, 3.8) is 0 Å². The SMILES string of the molecule is CCOC(=O)c1cccc(C)c1NC(=O)C[N+]1(CC)CCCCCC1. The van der Waals surface area contributed by atoms with Gasteiger partial charge >= 0.3 is 5.97 Å². The number of likely N-dealkylation sites (tertiary alicyclic amines) is 1. The lowest BCUT2D eigenvalue weighted by Crippen LogP contribution is -2.52. The summed E-state index contributed by atoms with van der Waals surface area (Å²) in [6, 6.07) is 5.41. The predicted molar refractivity (Wildman–Crippen MR) is 99.6 cm³/mol. The average Bonchev–Trinajstić information content (AvgIpc) is 2.83. The standard InChI is InChI=1S/C20H30N2O3/c1-4-22(13-8-6-7-9-14-22)15-18(23)21-19-16(3)11-10-12-17(19)20(24)25-5-2/h10-12H,4-9,13-15H2,1-3H3/p+1. The maximum atomic E-state index is 12.8. The first-order valence-corrected chi connectivity index (χ1v) is 9.43. The Hall–Kier alpha value is -1.88. The molecule has 1 fully saturated rings. The maximum Gasteiger partial charge on any atom is 0.340 e. The number of benzene rings is 1. The molecule has 0 atom stereocenters. The van der Waals surface area contributed by atoms with E-state index in [0.717, 1.165) is 29.7 Å². The minimum Gasteiger partial charge on any atom is -0.462 e. The number of esters is 1. The molecule has 1 amide bonds. The number of carbonyl (C=O) groups is 2. The van der Waals surface area contributed by atoms with Gasteiger partial charge in [0.05, 0.1) is 37.5 Å². The molecule has 0 saturated carbocycles. The van der Waals surface area contributed by atoms with Gasteiger partial charge in [-0.25, -0.2) is 4.79 Å². The van der Waals surface area contributed by atoms with Crippen LogP contribution >= 0.6 is 0 Å². The van der Waals surface area contributed by atoms with Crippen LogP contribution in [0.5, 0.6) is 0 Å². The summed E-state index contributed by atoms with van der Waals surface area (Å²) < 4.78 is 5.96. The van der Waals surface area contributed by atoms with Gasteiger partial charge < -0.3 is 14.5 Å². The number of nitrogens with one attached hydrogen (secondary N) is 1. The Labute approximate surface area is 150 Å². The second kappa shape index (κ2) is 8.99. The lowest BCUT2D eigenvalue weighted by Gasteiger charge is -2.36. The van der Waals surface area contributed by atoms with Crippen LogP contribution in [-0.4, -0.2) is 49.1 Å². The van der Waals surface area contributed by atoms with E-state index in [1.165, 1.54) is 25.7 Å². The average molecular weight is 347 g/mol. The summed E-state index contributed by atoms with van der Waals surface area (Å²) in [6.07, 6.45) is 4.87. The third kappa shape index (κ3) is 5.05. The third-order valence-corrected chi connectivity index (χ3v) is 5.20. The quantitative estimate of drug-likeness (QED) is 0.633. The minimum atomic E-state index is -0.393. The molecule has 138 valence electrons. The van der Waals surface area contributed by atoms with Crippen molar-refractivity contribution >= 4 is 17.6 Å². The Morgan fingerprint density at radius 2 is 1.80 bits per heavy atom. The molecule has 2 rings (SSSR count). The molecule has 0 aliphatic carbocycles. The van der Waals surface area contributed by atoms with E-state index >= 15 is 0 Å².